The molecule has 0 heterocycles. The molecule has 0 aromatic rings. The van der Waals surface area contributed by atoms with Crippen LogP contribution in [0.5, 0.6) is 0 Å². The molecule has 0 rings (SSSR count). The summed E-state index contributed by atoms with van der Waals surface area (Å²) in [4.78, 5) is 0. The fraction of sp³-hybridized carbons (Fsp3) is 0. The van der Waals surface area contributed by atoms with E-state index >= 15 is 0 Å². The fourth-order valence-electron chi connectivity index (χ4n) is 0. The molecule has 0 atom stereocenters. The van der Waals surface area contributed by atoms with E-state index in [1.54, 1.807) is 0 Å². The molecule has 0 aromatic heterocycles. The van der Waals surface area contributed by atoms with Crippen molar-refractivity contribution in [2.45, 2.75) is 0 Å². The van der Waals surface area contributed by atoms with E-state index in [2.05, 4.69) is 0 Å². The quantitative estimate of drug-likeness (QED) is 0.287. The van der Waals surface area contributed by atoms with Crippen LogP contribution < -0.4 is 0 Å². The van der Waals surface area contributed by atoms with E-state index in [0.717, 1.165) is 0 Å². The maximum absolute atomic E-state index is 0. The number of hydrogen-bond donors (Lipinski definition) is 0. The van der Waals surface area contributed by atoms with Crippen molar-refractivity contribution in [2.24, 2.45) is 0 Å². The molecule has 0 unspecified atom stereocenters. The third kappa shape index (κ3) is 18.3. The molecule has 0 bridgehead atoms. The minimum atomic E-state index is 0. The molecule has 0 N–H and O–H groups in total. The second-order valence-corrected chi connectivity index (χ2v) is 0. The van der Waals surface area contributed by atoms with Crippen LogP contribution in [0.1, 0.15) is 0 Å². The Morgan fingerprint density at radius 1 is 0.800 bits per heavy atom. The number of rotatable bonds is 0. The zero-order valence-corrected chi connectivity index (χ0v) is 15.4. The first-order chi connectivity index (χ1) is 0. The van der Waals surface area contributed by atoms with Crippen LogP contribution in [0.3, 0.4) is 0 Å². The molecular weight excluding hydrogens is 598 g/mol. The Kier molecular flexibility index (Phi) is 193. The van der Waals surface area contributed by atoms with Crippen molar-refractivity contribution in [3.8, 4) is 0 Å². The molecule has 0 spiro atoms. The average Bonchev–Trinajstić information content (AvgIpc) is 0. The van der Waals surface area contributed by atoms with Crippen molar-refractivity contribution in [3.63, 3.8) is 0 Å². The van der Waals surface area contributed by atoms with Gasteiger partial charge in [0.15, 0.2) is 0 Å². The molecule has 0 amide bonds. The van der Waals surface area contributed by atoms with E-state index in [0.29, 0.717) is 0 Å². The molecular formula is As2PbSbSn. The number of hydrogen-bond acceptors (Lipinski definition) is 0. The molecule has 0 aliphatic heterocycles. The standard InChI is InChI=1S/2As.Pb.Sb.Sn. The Balaban J connectivity index is 0. The predicted molar refractivity (Wildman–Crippen MR) is 28.8 cm³/mol. The predicted octanol–water partition coefficient (Wildman–Crippen LogP) is -1.90. The Hall–Kier alpha value is 3.66. The van der Waals surface area contributed by atoms with Crippen molar-refractivity contribution >= 4 is 112 Å². The Labute approximate surface area is 109 Å². The van der Waals surface area contributed by atoms with E-state index in [1.807, 2.05) is 0 Å². The third-order valence-corrected chi connectivity index (χ3v) is 0. The van der Waals surface area contributed by atoms with Gasteiger partial charge in [0.2, 0.25) is 0 Å². The van der Waals surface area contributed by atoms with E-state index in [-0.39, 0.29) is 112 Å². The van der Waals surface area contributed by atoms with E-state index in [4.69, 9.17) is 0 Å². The van der Waals surface area contributed by atoms with E-state index in [9.17, 15) is 0 Å². The van der Waals surface area contributed by atoms with Crippen LogP contribution >= 0.6 is 0 Å². The summed E-state index contributed by atoms with van der Waals surface area (Å²) in [6.07, 6.45) is 0. The first kappa shape index (κ1) is 38.0. The van der Waals surface area contributed by atoms with Gasteiger partial charge < -0.3 is 0 Å². The maximum atomic E-state index is 0. The first-order valence-electron chi connectivity index (χ1n) is 0. The van der Waals surface area contributed by atoms with Crippen LogP contribution in [-0.4, -0.2) is 112 Å². The van der Waals surface area contributed by atoms with Crippen LogP contribution in [0.15, 0.2) is 0 Å². The van der Waals surface area contributed by atoms with Crippen LogP contribution in [-0.2, 0) is 0 Å². The van der Waals surface area contributed by atoms with Crippen LogP contribution in [0, 0.1) is 0 Å². The second kappa shape index (κ2) is 25.4. The average molecular weight is 598 g/mol. The molecule has 0 nitrogen and oxygen atoms in total. The van der Waals surface area contributed by atoms with Crippen molar-refractivity contribution in [1.82, 2.24) is 0 Å². The summed E-state index contributed by atoms with van der Waals surface area (Å²) in [5.74, 6) is 0. The van der Waals surface area contributed by atoms with Crippen molar-refractivity contribution in [3.05, 3.63) is 0 Å². The maximum Gasteiger partial charge on any atom is 0 e. The molecule has 0 aliphatic carbocycles. The zero-order chi connectivity index (χ0) is 0. The van der Waals surface area contributed by atoms with Crippen molar-refractivity contribution in [1.29, 1.82) is 0 Å². The van der Waals surface area contributed by atoms with Crippen LogP contribution in [0.2, 0.25) is 0 Å². The minimum Gasteiger partial charge on any atom is 0 e. The minimum absolute atomic E-state index is 0. The smallest absolute Gasteiger partial charge is 0 e. The molecule has 0 aromatic carbocycles. The topological polar surface area (TPSA) is 0 Å². The van der Waals surface area contributed by atoms with Gasteiger partial charge in [0.05, 0.1) is 0 Å². The summed E-state index contributed by atoms with van der Waals surface area (Å²) in [7, 11) is 0. The summed E-state index contributed by atoms with van der Waals surface area (Å²) >= 11 is 0. The van der Waals surface area contributed by atoms with Gasteiger partial charge in [-0.05, 0) is 0 Å². The molecule has 23 valence electrons. The van der Waals surface area contributed by atoms with Gasteiger partial charge in [0.25, 0.3) is 0 Å². The SMILES string of the molecule is [As].[As].[Pb].[Sb].[Sn]. The van der Waals surface area contributed by atoms with Gasteiger partial charge in [-0.2, -0.15) is 0 Å². The molecule has 0 aliphatic rings. The summed E-state index contributed by atoms with van der Waals surface area (Å²) < 4.78 is 0. The van der Waals surface area contributed by atoms with Crippen molar-refractivity contribution in [2.75, 3.05) is 0 Å². The van der Waals surface area contributed by atoms with Crippen LogP contribution in [0.4, 0.5) is 0 Å². The van der Waals surface area contributed by atoms with E-state index in [1.165, 1.54) is 0 Å². The largest absolute Gasteiger partial charge is 0 e. The molecule has 0 saturated heterocycles. The Morgan fingerprint density at radius 3 is 0.800 bits per heavy atom. The van der Waals surface area contributed by atoms with Crippen LogP contribution in [0.25, 0.3) is 0 Å². The molecule has 0 saturated carbocycles. The summed E-state index contributed by atoms with van der Waals surface area (Å²) in [5.41, 5.74) is 0. The van der Waals surface area contributed by atoms with Gasteiger partial charge >= 0.3 is 0 Å². The molecule has 5 heavy (non-hydrogen) atoms. The summed E-state index contributed by atoms with van der Waals surface area (Å²) in [6, 6.07) is 0. The Morgan fingerprint density at radius 2 is 0.800 bits per heavy atom. The first-order valence-corrected chi connectivity index (χ1v) is 0. The Bertz CT molecular complexity index is 9.61. The van der Waals surface area contributed by atoms with Gasteiger partial charge in [-0.3, -0.25) is 0 Å². The van der Waals surface area contributed by atoms with Crippen molar-refractivity contribution < 1.29 is 0 Å². The van der Waals surface area contributed by atoms with Gasteiger partial charge in [0.1, 0.15) is 0 Å². The van der Waals surface area contributed by atoms with Gasteiger partial charge in [-0.1, -0.05) is 0 Å². The van der Waals surface area contributed by atoms with Gasteiger partial charge in [0, 0.05) is 112 Å². The second-order valence-electron chi connectivity index (χ2n) is 0. The summed E-state index contributed by atoms with van der Waals surface area (Å²) in [6.45, 7) is 0. The van der Waals surface area contributed by atoms with Gasteiger partial charge in [-0.25, -0.2) is 0 Å². The molecule has 17 radical (unpaired) electrons. The summed E-state index contributed by atoms with van der Waals surface area (Å²) in [5, 5.41) is 0. The normalized spacial score (nSPS) is 0. The third-order valence-electron chi connectivity index (χ3n) is 0. The fourth-order valence-corrected chi connectivity index (χ4v) is 0. The monoisotopic (exact) mass is 599 g/mol. The molecule has 5 heteroatoms. The van der Waals surface area contributed by atoms with E-state index < -0.39 is 0 Å². The zero-order valence-electron chi connectivity index (χ0n) is 2.34. The van der Waals surface area contributed by atoms with Gasteiger partial charge in [-0.15, -0.1) is 0 Å². The molecule has 0 fully saturated rings.